The molecular formula is C25H25FN2O3. The van der Waals surface area contributed by atoms with Crippen LogP contribution in [0.3, 0.4) is 0 Å². The van der Waals surface area contributed by atoms with Gasteiger partial charge in [0.15, 0.2) is 0 Å². The van der Waals surface area contributed by atoms with Gasteiger partial charge in [-0.1, -0.05) is 42.5 Å². The van der Waals surface area contributed by atoms with Crippen LogP contribution in [0.5, 0.6) is 0 Å². The van der Waals surface area contributed by atoms with Gasteiger partial charge >= 0.3 is 5.97 Å². The minimum absolute atomic E-state index is 0.171. The summed E-state index contributed by atoms with van der Waals surface area (Å²) in [5.74, 6) is -0.967. The lowest BCUT2D eigenvalue weighted by Gasteiger charge is -2.41. The lowest BCUT2D eigenvalue weighted by atomic mass is 9.74. The molecule has 1 aliphatic heterocycles. The third kappa shape index (κ3) is 4.15. The Balaban J connectivity index is 1.68. The zero-order chi connectivity index (χ0) is 21.8. The van der Waals surface area contributed by atoms with Crippen molar-refractivity contribution < 1.29 is 18.7 Å². The number of pyridine rings is 1. The summed E-state index contributed by atoms with van der Waals surface area (Å²) in [6.07, 6.45) is 2.97. The molecule has 1 amide bonds. The van der Waals surface area contributed by atoms with Gasteiger partial charge in [-0.2, -0.15) is 0 Å². The number of piperidine rings is 1. The number of aromatic nitrogens is 1. The first-order valence-electron chi connectivity index (χ1n) is 10.6. The quantitative estimate of drug-likeness (QED) is 0.574. The molecule has 6 heteroatoms. The van der Waals surface area contributed by atoms with Crippen LogP contribution in [0.25, 0.3) is 10.8 Å². The van der Waals surface area contributed by atoms with E-state index < -0.39 is 5.41 Å². The van der Waals surface area contributed by atoms with Gasteiger partial charge < -0.3 is 9.64 Å². The van der Waals surface area contributed by atoms with Gasteiger partial charge in [0.25, 0.3) is 5.91 Å². The van der Waals surface area contributed by atoms with Gasteiger partial charge in [-0.25, -0.2) is 4.39 Å². The van der Waals surface area contributed by atoms with Crippen molar-refractivity contribution in [3.63, 3.8) is 0 Å². The summed E-state index contributed by atoms with van der Waals surface area (Å²) in [6.45, 7) is 2.67. The van der Waals surface area contributed by atoms with E-state index in [4.69, 9.17) is 4.74 Å². The lowest BCUT2D eigenvalue weighted by molar-refractivity contribution is -0.158. The summed E-state index contributed by atoms with van der Waals surface area (Å²) in [6, 6.07) is 15.9. The standard InChI is InChI=1S/C25H25FN2O3/c1-2-31-24(30)25(16-19-9-4-6-11-21(19)26)13-7-15-28(17-25)23(29)22-20-10-5-3-8-18(20)12-14-27-22/h3-6,8-12,14H,2,7,13,15-17H2,1H3/t25-/m1/s1. The van der Waals surface area contributed by atoms with E-state index in [0.717, 1.165) is 10.8 Å². The highest BCUT2D eigenvalue weighted by Gasteiger charge is 2.45. The van der Waals surface area contributed by atoms with E-state index in [1.165, 1.54) is 6.07 Å². The highest BCUT2D eigenvalue weighted by atomic mass is 19.1. The zero-order valence-electron chi connectivity index (χ0n) is 17.5. The minimum Gasteiger partial charge on any atom is -0.466 e. The maximum atomic E-state index is 14.4. The van der Waals surface area contributed by atoms with E-state index in [1.54, 1.807) is 36.2 Å². The van der Waals surface area contributed by atoms with Crippen molar-refractivity contribution in [2.24, 2.45) is 5.41 Å². The monoisotopic (exact) mass is 420 g/mol. The Bertz CT molecular complexity index is 1110. The van der Waals surface area contributed by atoms with Gasteiger partial charge in [-0.3, -0.25) is 14.6 Å². The van der Waals surface area contributed by atoms with E-state index in [2.05, 4.69) is 4.98 Å². The third-order valence-corrected chi connectivity index (χ3v) is 5.94. The molecule has 1 fully saturated rings. The molecule has 1 aliphatic rings. The Labute approximate surface area is 180 Å². The first-order valence-corrected chi connectivity index (χ1v) is 10.6. The number of ether oxygens (including phenoxy) is 1. The van der Waals surface area contributed by atoms with Gasteiger partial charge in [-0.15, -0.1) is 0 Å². The summed E-state index contributed by atoms with van der Waals surface area (Å²) in [4.78, 5) is 32.5. The molecule has 0 saturated carbocycles. The van der Waals surface area contributed by atoms with E-state index >= 15 is 0 Å². The van der Waals surface area contributed by atoms with Gasteiger partial charge in [0.2, 0.25) is 0 Å². The molecule has 0 aliphatic carbocycles. The summed E-state index contributed by atoms with van der Waals surface area (Å²) in [5, 5.41) is 1.71. The molecule has 0 unspecified atom stereocenters. The molecule has 2 aromatic carbocycles. The summed E-state index contributed by atoms with van der Waals surface area (Å²) < 4.78 is 19.8. The molecule has 0 N–H and O–H groups in total. The molecule has 1 atom stereocenters. The number of likely N-dealkylation sites (tertiary alicyclic amines) is 1. The predicted molar refractivity (Wildman–Crippen MR) is 116 cm³/mol. The molecule has 3 aromatic rings. The number of carbonyl (C=O) groups excluding carboxylic acids is 2. The van der Waals surface area contributed by atoms with Crippen molar-refractivity contribution in [2.75, 3.05) is 19.7 Å². The van der Waals surface area contributed by atoms with Crippen LogP contribution >= 0.6 is 0 Å². The topological polar surface area (TPSA) is 59.5 Å². The number of carbonyl (C=O) groups is 2. The van der Waals surface area contributed by atoms with E-state index in [9.17, 15) is 14.0 Å². The first-order chi connectivity index (χ1) is 15.0. The third-order valence-electron chi connectivity index (χ3n) is 5.94. The predicted octanol–water partition coefficient (Wildman–Crippen LogP) is 4.40. The smallest absolute Gasteiger partial charge is 0.314 e. The number of amides is 1. The summed E-state index contributed by atoms with van der Waals surface area (Å²) in [7, 11) is 0. The number of hydrogen-bond donors (Lipinski definition) is 0. The fourth-order valence-corrected chi connectivity index (χ4v) is 4.42. The maximum Gasteiger partial charge on any atom is 0.314 e. The highest BCUT2D eigenvalue weighted by Crippen LogP contribution is 2.36. The van der Waals surface area contributed by atoms with Gasteiger partial charge in [0, 0.05) is 24.7 Å². The minimum atomic E-state index is -0.989. The second-order valence-electron chi connectivity index (χ2n) is 7.98. The van der Waals surface area contributed by atoms with Gasteiger partial charge in [-0.05, 0) is 49.3 Å². The van der Waals surface area contributed by atoms with E-state index in [1.807, 2.05) is 30.3 Å². The van der Waals surface area contributed by atoms with Crippen molar-refractivity contribution in [3.05, 3.63) is 77.9 Å². The highest BCUT2D eigenvalue weighted by molar-refractivity contribution is 6.05. The number of nitrogens with zero attached hydrogens (tertiary/aromatic N) is 2. The average molecular weight is 420 g/mol. The van der Waals surface area contributed by atoms with Gasteiger partial charge in [0.05, 0.1) is 12.0 Å². The second-order valence-corrected chi connectivity index (χ2v) is 7.98. The summed E-state index contributed by atoms with van der Waals surface area (Å²) in [5.41, 5.74) is -0.173. The van der Waals surface area contributed by atoms with Crippen LogP contribution in [-0.2, 0) is 16.0 Å². The van der Waals surface area contributed by atoms with Crippen LogP contribution in [0.15, 0.2) is 60.8 Å². The van der Waals surface area contributed by atoms with Crippen molar-refractivity contribution in [2.45, 2.75) is 26.2 Å². The van der Waals surface area contributed by atoms with E-state index in [-0.39, 0.29) is 37.3 Å². The zero-order valence-corrected chi connectivity index (χ0v) is 17.5. The normalized spacial score (nSPS) is 18.7. The number of esters is 1. The van der Waals surface area contributed by atoms with Crippen LogP contribution < -0.4 is 0 Å². The van der Waals surface area contributed by atoms with Crippen LogP contribution in [0, 0.1) is 11.2 Å². The molecule has 0 radical (unpaired) electrons. The van der Waals surface area contributed by atoms with E-state index in [0.29, 0.717) is 30.6 Å². The summed E-state index contributed by atoms with van der Waals surface area (Å²) >= 11 is 0. The molecule has 0 bridgehead atoms. The van der Waals surface area contributed by atoms with Crippen molar-refractivity contribution in [3.8, 4) is 0 Å². The molecule has 1 aromatic heterocycles. The fraction of sp³-hybridized carbons (Fsp3) is 0.320. The van der Waals surface area contributed by atoms with Crippen molar-refractivity contribution in [1.82, 2.24) is 9.88 Å². The van der Waals surface area contributed by atoms with Crippen LogP contribution in [-0.4, -0.2) is 41.5 Å². The Hall–Kier alpha value is -3.28. The largest absolute Gasteiger partial charge is 0.466 e. The first kappa shape index (κ1) is 21.0. The molecular weight excluding hydrogens is 395 g/mol. The number of benzene rings is 2. The molecule has 5 nitrogen and oxygen atoms in total. The fourth-order valence-electron chi connectivity index (χ4n) is 4.42. The van der Waals surface area contributed by atoms with Crippen LogP contribution in [0.1, 0.15) is 35.8 Å². The molecule has 0 spiro atoms. The SMILES string of the molecule is CCOC(=O)[C@@]1(Cc2ccccc2F)CCCN(C(=O)c2nccc3ccccc23)C1. The Morgan fingerprint density at radius 2 is 1.90 bits per heavy atom. The van der Waals surface area contributed by atoms with Crippen molar-refractivity contribution >= 4 is 22.6 Å². The molecule has 2 heterocycles. The molecule has 31 heavy (non-hydrogen) atoms. The number of rotatable bonds is 5. The Morgan fingerprint density at radius 1 is 1.13 bits per heavy atom. The maximum absolute atomic E-state index is 14.4. The van der Waals surface area contributed by atoms with Crippen LogP contribution in [0.4, 0.5) is 4.39 Å². The lowest BCUT2D eigenvalue weighted by Crippen LogP contribution is -2.52. The average Bonchev–Trinajstić information content (AvgIpc) is 2.80. The van der Waals surface area contributed by atoms with Gasteiger partial charge in [0.1, 0.15) is 11.5 Å². The van der Waals surface area contributed by atoms with Crippen LogP contribution in [0.2, 0.25) is 0 Å². The number of fused-ring (bicyclic) bond motifs is 1. The number of hydrogen-bond acceptors (Lipinski definition) is 4. The Morgan fingerprint density at radius 3 is 2.71 bits per heavy atom. The second kappa shape index (κ2) is 8.84. The molecule has 1 saturated heterocycles. The van der Waals surface area contributed by atoms with Crippen molar-refractivity contribution in [1.29, 1.82) is 0 Å². The molecule has 4 rings (SSSR count). The molecule has 160 valence electrons. The number of halogens is 1. The Kier molecular flexibility index (Phi) is 5.98.